The molecule has 3 aromatic rings. The fourth-order valence-corrected chi connectivity index (χ4v) is 4.40. The molecule has 0 saturated carbocycles. The van der Waals surface area contributed by atoms with Gasteiger partial charge in [0.1, 0.15) is 19.0 Å². The van der Waals surface area contributed by atoms with Crippen molar-refractivity contribution in [2.45, 2.75) is 31.3 Å². The second kappa shape index (κ2) is 8.16. The number of hydrogen-bond donors (Lipinski definition) is 1. The predicted molar refractivity (Wildman–Crippen MR) is 116 cm³/mol. The number of ether oxygens (including phenoxy) is 2. The molecule has 0 radical (unpaired) electrons. The lowest BCUT2D eigenvalue weighted by atomic mass is 10.2. The Morgan fingerprint density at radius 2 is 1.87 bits per heavy atom. The SMILES string of the molecule is CCCn1c(CNc2ccc3c(c2)OCCO3)nc2cc(S(=O)(=O)N(C)C)ccc21. The first-order valence-corrected chi connectivity index (χ1v) is 11.4. The van der Waals surface area contributed by atoms with E-state index in [4.69, 9.17) is 14.5 Å². The molecule has 2 aromatic carbocycles. The minimum absolute atomic E-state index is 0.243. The number of imidazole rings is 1. The molecule has 0 aliphatic carbocycles. The molecule has 1 aromatic heterocycles. The van der Waals surface area contributed by atoms with Crippen molar-refractivity contribution in [1.29, 1.82) is 0 Å². The van der Waals surface area contributed by atoms with Gasteiger partial charge >= 0.3 is 0 Å². The molecule has 160 valence electrons. The predicted octanol–water partition coefficient (Wildman–Crippen LogP) is 3.08. The molecule has 1 aliphatic rings. The molecule has 0 spiro atoms. The average Bonchev–Trinajstić information content (AvgIpc) is 3.09. The molecule has 9 heteroatoms. The molecule has 30 heavy (non-hydrogen) atoms. The van der Waals surface area contributed by atoms with E-state index < -0.39 is 10.0 Å². The van der Waals surface area contributed by atoms with Crippen molar-refractivity contribution < 1.29 is 17.9 Å². The van der Waals surface area contributed by atoms with Gasteiger partial charge in [0.2, 0.25) is 10.0 Å². The summed E-state index contributed by atoms with van der Waals surface area (Å²) >= 11 is 0. The molecule has 0 amide bonds. The molecule has 1 aliphatic heterocycles. The lowest BCUT2D eigenvalue weighted by molar-refractivity contribution is 0.171. The standard InChI is InChI=1S/C21H26N4O4S/c1-4-9-25-18-7-6-16(30(26,27)24(2)3)13-17(18)23-21(25)14-22-15-5-8-19-20(12-15)29-11-10-28-19/h5-8,12-13,22H,4,9-11,14H2,1-3H3. The third kappa shape index (κ3) is 3.82. The molecular formula is C21H26N4O4S. The molecule has 4 rings (SSSR count). The zero-order valence-corrected chi connectivity index (χ0v) is 18.2. The highest BCUT2D eigenvalue weighted by Crippen LogP contribution is 2.33. The van der Waals surface area contributed by atoms with Gasteiger partial charge in [-0.15, -0.1) is 0 Å². The van der Waals surface area contributed by atoms with E-state index in [1.165, 1.54) is 18.4 Å². The largest absolute Gasteiger partial charge is 0.486 e. The normalized spacial score (nSPS) is 13.7. The van der Waals surface area contributed by atoms with Gasteiger partial charge in [-0.1, -0.05) is 6.92 Å². The Hall–Kier alpha value is -2.78. The summed E-state index contributed by atoms with van der Waals surface area (Å²) in [6, 6.07) is 10.9. The minimum Gasteiger partial charge on any atom is -0.486 e. The van der Waals surface area contributed by atoms with Crippen LogP contribution in [-0.4, -0.2) is 49.6 Å². The van der Waals surface area contributed by atoms with Gasteiger partial charge in [-0.05, 0) is 36.8 Å². The van der Waals surface area contributed by atoms with Crippen LogP contribution in [0.4, 0.5) is 5.69 Å². The molecule has 0 saturated heterocycles. The topological polar surface area (TPSA) is 85.7 Å². The van der Waals surface area contributed by atoms with Crippen molar-refractivity contribution >= 4 is 26.7 Å². The molecule has 1 N–H and O–H groups in total. The first kappa shape index (κ1) is 20.5. The minimum atomic E-state index is -3.51. The summed E-state index contributed by atoms with van der Waals surface area (Å²) in [5, 5.41) is 3.39. The maximum Gasteiger partial charge on any atom is 0.242 e. The lowest BCUT2D eigenvalue weighted by Crippen LogP contribution is -2.22. The van der Waals surface area contributed by atoms with Crippen LogP contribution in [0.15, 0.2) is 41.3 Å². The Bertz CT molecular complexity index is 1170. The van der Waals surface area contributed by atoms with Crippen molar-refractivity contribution in [3.8, 4) is 11.5 Å². The van der Waals surface area contributed by atoms with Crippen LogP contribution in [0.2, 0.25) is 0 Å². The van der Waals surface area contributed by atoms with E-state index in [1.54, 1.807) is 12.1 Å². The van der Waals surface area contributed by atoms with E-state index in [0.717, 1.165) is 41.5 Å². The summed E-state index contributed by atoms with van der Waals surface area (Å²) in [6.45, 7) is 4.51. The third-order valence-electron chi connectivity index (χ3n) is 5.02. The summed E-state index contributed by atoms with van der Waals surface area (Å²) in [7, 11) is -0.454. The third-order valence-corrected chi connectivity index (χ3v) is 6.83. The van der Waals surface area contributed by atoms with Crippen molar-refractivity contribution in [3.05, 3.63) is 42.2 Å². The first-order valence-electron chi connectivity index (χ1n) is 9.95. The Kier molecular flexibility index (Phi) is 5.57. The van der Waals surface area contributed by atoms with Gasteiger partial charge in [-0.25, -0.2) is 17.7 Å². The fourth-order valence-electron chi connectivity index (χ4n) is 3.47. The highest BCUT2D eigenvalue weighted by Gasteiger charge is 2.20. The molecule has 0 atom stereocenters. The Morgan fingerprint density at radius 1 is 1.10 bits per heavy atom. The molecule has 8 nitrogen and oxygen atoms in total. The maximum atomic E-state index is 12.5. The van der Waals surface area contributed by atoms with Crippen LogP contribution in [-0.2, 0) is 23.1 Å². The van der Waals surface area contributed by atoms with Crippen molar-refractivity contribution in [2.24, 2.45) is 0 Å². The molecule has 2 heterocycles. The van der Waals surface area contributed by atoms with E-state index >= 15 is 0 Å². The molecule has 0 bridgehead atoms. The second-order valence-corrected chi connectivity index (χ2v) is 9.48. The lowest BCUT2D eigenvalue weighted by Gasteiger charge is -2.19. The van der Waals surface area contributed by atoms with Crippen LogP contribution in [0.5, 0.6) is 11.5 Å². The number of benzene rings is 2. The number of hydrogen-bond acceptors (Lipinski definition) is 6. The number of anilines is 1. The van der Waals surface area contributed by atoms with Gasteiger partial charge < -0.3 is 19.4 Å². The molecule has 0 unspecified atom stereocenters. The van der Waals surface area contributed by atoms with E-state index in [-0.39, 0.29) is 4.90 Å². The Balaban J connectivity index is 1.63. The van der Waals surface area contributed by atoms with Gasteiger partial charge in [0, 0.05) is 32.4 Å². The van der Waals surface area contributed by atoms with Crippen molar-refractivity contribution in [3.63, 3.8) is 0 Å². The number of nitrogens with zero attached hydrogens (tertiary/aromatic N) is 3. The first-order chi connectivity index (χ1) is 14.4. The average molecular weight is 431 g/mol. The smallest absolute Gasteiger partial charge is 0.242 e. The molecule has 0 fully saturated rings. The summed E-state index contributed by atoms with van der Waals surface area (Å²) in [5.41, 5.74) is 2.50. The summed E-state index contributed by atoms with van der Waals surface area (Å²) in [5.74, 6) is 2.33. The van der Waals surface area contributed by atoms with Crippen LogP contribution in [0.3, 0.4) is 0 Å². The zero-order chi connectivity index (χ0) is 21.3. The van der Waals surface area contributed by atoms with Crippen molar-refractivity contribution in [2.75, 3.05) is 32.6 Å². The summed E-state index contributed by atoms with van der Waals surface area (Å²) in [4.78, 5) is 4.97. The van der Waals surface area contributed by atoms with E-state index in [0.29, 0.717) is 25.3 Å². The number of sulfonamides is 1. The van der Waals surface area contributed by atoms with Crippen molar-refractivity contribution in [1.82, 2.24) is 13.9 Å². The number of nitrogens with one attached hydrogen (secondary N) is 1. The zero-order valence-electron chi connectivity index (χ0n) is 17.4. The Labute approximate surface area is 176 Å². The van der Waals surface area contributed by atoms with E-state index in [2.05, 4.69) is 16.8 Å². The number of aryl methyl sites for hydroxylation is 1. The fraction of sp³-hybridized carbons (Fsp3) is 0.381. The number of rotatable bonds is 7. The second-order valence-electron chi connectivity index (χ2n) is 7.33. The Morgan fingerprint density at radius 3 is 2.60 bits per heavy atom. The van der Waals surface area contributed by atoms with E-state index in [9.17, 15) is 8.42 Å². The van der Waals surface area contributed by atoms with Gasteiger partial charge in [0.05, 0.1) is 22.5 Å². The summed E-state index contributed by atoms with van der Waals surface area (Å²) < 4.78 is 39.5. The highest BCUT2D eigenvalue weighted by molar-refractivity contribution is 7.89. The van der Waals surface area contributed by atoms with E-state index in [1.807, 2.05) is 24.3 Å². The van der Waals surface area contributed by atoms with Crippen LogP contribution in [0.1, 0.15) is 19.2 Å². The quantitative estimate of drug-likeness (QED) is 0.620. The number of aromatic nitrogens is 2. The summed E-state index contributed by atoms with van der Waals surface area (Å²) in [6.07, 6.45) is 0.945. The van der Waals surface area contributed by atoms with Crippen LogP contribution in [0.25, 0.3) is 11.0 Å². The number of fused-ring (bicyclic) bond motifs is 2. The van der Waals surface area contributed by atoms with Gasteiger partial charge in [0.25, 0.3) is 0 Å². The van der Waals surface area contributed by atoms with Crippen LogP contribution < -0.4 is 14.8 Å². The van der Waals surface area contributed by atoms with Gasteiger partial charge in [-0.2, -0.15) is 0 Å². The molecular weight excluding hydrogens is 404 g/mol. The van der Waals surface area contributed by atoms with Crippen LogP contribution in [0, 0.1) is 0 Å². The maximum absolute atomic E-state index is 12.5. The van der Waals surface area contributed by atoms with Gasteiger partial charge in [0.15, 0.2) is 11.5 Å². The monoisotopic (exact) mass is 430 g/mol. The highest BCUT2D eigenvalue weighted by atomic mass is 32.2. The van der Waals surface area contributed by atoms with Crippen LogP contribution >= 0.6 is 0 Å². The van der Waals surface area contributed by atoms with Gasteiger partial charge in [-0.3, -0.25) is 0 Å².